The third-order valence-electron chi connectivity index (χ3n) is 8.93. The van der Waals surface area contributed by atoms with E-state index in [0.717, 1.165) is 50.1 Å². The third-order valence-corrected chi connectivity index (χ3v) is 8.93. The van der Waals surface area contributed by atoms with Crippen LogP contribution in [0.25, 0.3) is 11.1 Å². The number of aliphatic hydroxyl groups excluding tert-OH is 2. The largest absolute Gasteiger partial charge is 0.390 e. The highest BCUT2D eigenvalue weighted by Gasteiger charge is 2.20. The van der Waals surface area contributed by atoms with Crippen molar-refractivity contribution in [2.75, 3.05) is 44.6 Å². The van der Waals surface area contributed by atoms with Crippen LogP contribution in [0.3, 0.4) is 0 Å². The van der Waals surface area contributed by atoms with Gasteiger partial charge < -0.3 is 26.2 Å². The molecule has 9 nitrogen and oxygen atoms in total. The predicted molar refractivity (Wildman–Crippen MR) is 184 cm³/mol. The molecule has 0 bridgehead atoms. The first-order valence-electron chi connectivity index (χ1n) is 16.4. The number of urea groups is 1. The van der Waals surface area contributed by atoms with Gasteiger partial charge >= 0.3 is 6.03 Å². The molecule has 0 saturated heterocycles. The van der Waals surface area contributed by atoms with E-state index >= 15 is 0 Å². The van der Waals surface area contributed by atoms with Gasteiger partial charge in [-0.3, -0.25) is 14.6 Å². The molecule has 2 atom stereocenters. The van der Waals surface area contributed by atoms with Gasteiger partial charge in [0.15, 0.2) is 0 Å². The summed E-state index contributed by atoms with van der Waals surface area (Å²) in [6, 6.07) is 31.1. The van der Waals surface area contributed by atoms with E-state index in [9.17, 15) is 19.8 Å². The topological polar surface area (TPSA) is 117 Å². The number of nitrogens with zero attached hydrogens (tertiary/aromatic N) is 2. The molecule has 3 amide bonds. The van der Waals surface area contributed by atoms with E-state index < -0.39 is 18.2 Å². The maximum absolute atomic E-state index is 13.0. The van der Waals surface area contributed by atoms with Gasteiger partial charge in [-0.25, -0.2) is 4.79 Å². The summed E-state index contributed by atoms with van der Waals surface area (Å²) in [6.07, 6.45) is 0.555. The summed E-state index contributed by atoms with van der Waals surface area (Å²) < 4.78 is 0. The Hall–Kier alpha value is -4.54. The van der Waals surface area contributed by atoms with E-state index in [2.05, 4.69) is 62.1 Å². The first-order chi connectivity index (χ1) is 22.9. The second kappa shape index (κ2) is 15.4. The van der Waals surface area contributed by atoms with Crippen molar-refractivity contribution in [1.82, 2.24) is 20.4 Å². The molecule has 4 aromatic rings. The van der Waals surface area contributed by atoms with Gasteiger partial charge in [-0.15, -0.1) is 0 Å². The van der Waals surface area contributed by atoms with Gasteiger partial charge in [-0.1, -0.05) is 72.8 Å². The summed E-state index contributed by atoms with van der Waals surface area (Å²) in [4.78, 5) is 30.1. The monoisotopic (exact) mass is 633 g/mol. The SMILES string of the molecule is O=C(NCC(O)CN1CCc2ccccc2C1)Nc1cccc(-c2cccc(C(=O)NCC(O)CN3CCc4ccccc4C3)c2)c1. The van der Waals surface area contributed by atoms with E-state index in [-0.39, 0.29) is 19.0 Å². The van der Waals surface area contributed by atoms with Gasteiger partial charge in [0.05, 0.1) is 12.2 Å². The average molecular weight is 634 g/mol. The molecule has 47 heavy (non-hydrogen) atoms. The van der Waals surface area contributed by atoms with Crippen molar-refractivity contribution in [3.63, 3.8) is 0 Å². The highest BCUT2D eigenvalue weighted by Crippen LogP contribution is 2.24. The molecular weight excluding hydrogens is 590 g/mol. The predicted octanol–water partition coefficient (Wildman–Crippen LogP) is 4.04. The maximum Gasteiger partial charge on any atom is 0.319 e. The molecule has 2 unspecified atom stereocenters. The van der Waals surface area contributed by atoms with Crippen molar-refractivity contribution in [1.29, 1.82) is 0 Å². The molecule has 2 aliphatic heterocycles. The van der Waals surface area contributed by atoms with Crippen molar-refractivity contribution in [2.24, 2.45) is 0 Å². The van der Waals surface area contributed by atoms with Crippen LogP contribution in [0.5, 0.6) is 0 Å². The van der Waals surface area contributed by atoms with Crippen molar-refractivity contribution in [3.05, 3.63) is 125 Å². The van der Waals surface area contributed by atoms with Gasteiger partial charge in [0, 0.05) is 63.6 Å². The molecule has 0 saturated carbocycles. The molecule has 9 heteroatoms. The Bertz CT molecular complexity index is 1690. The lowest BCUT2D eigenvalue weighted by atomic mass is 10.00. The Morgan fingerprint density at radius 3 is 1.79 bits per heavy atom. The molecule has 244 valence electrons. The number of carbonyl (C=O) groups is 2. The van der Waals surface area contributed by atoms with Crippen LogP contribution in [-0.4, -0.2) is 83.4 Å². The zero-order valence-electron chi connectivity index (χ0n) is 26.6. The van der Waals surface area contributed by atoms with E-state index in [1.54, 1.807) is 18.2 Å². The smallest absolute Gasteiger partial charge is 0.319 e. The minimum Gasteiger partial charge on any atom is -0.390 e. The summed E-state index contributed by atoms with van der Waals surface area (Å²) in [5.74, 6) is -0.254. The van der Waals surface area contributed by atoms with Gasteiger partial charge in [0.25, 0.3) is 5.91 Å². The fraction of sp³-hybridized carbons (Fsp3) is 0.316. The van der Waals surface area contributed by atoms with Crippen molar-refractivity contribution >= 4 is 17.6 Å². The van der Waals surface area contributed by atoms with Crippen molar-refractivity contribution < 1.29 is 19.8 Å². The molecule has 2 aliphatic rings. The first kappa shape index (κ1) is 32.4. The second-order valence-corrected chi connectivity index (χ2v) is 12.5. The number of benzene rings is 4. The van der Waals surface area contributed by atoms with E-state index in [4.69, 9.17) is 0 Å². The number of aliphatic hydroxyl groups is 2. The number of fused-ring (bicyclic) bond motifs is 2. The quantitative estimate of drug-likeness (QED) is 0.170. The Balaban J connectivity index is 0.959. The second-order valence-electron chi connectivity index (χ2n) is 12.5. The van der Waals surface area contributed by atoms with E-state index in [1.165, 1.54) is 22.3 Å². The number of hydrogen-bond acceptors (Lipinski definition) is 6. The minimum absolute atomic E-state index is 0.140. The fourth-order valence-electron chi connectivity index (χ4n) is 6.46. The van der Waals surface area contributed by atoms with Crippen molar-refractivity contribution in [3.8, 4) is 11.1 Å². The Morgan fingerprint density at radius 2 is 1.17 bits per heavy atom. The molecule has 0 aliphatic carbocycles. The van der Waals surface area contributed by atoms with Gasteiger partial charge in [0.2, 0.25) is 0 Å². The lowest BCUT2D eigenvalue weighted by Crippen LogP contribution is -2.42. The zero-order valence-corrected chi connectivity index (χ0v) is 26.6. The summed E-state index contributed by atoms with van der Waals surface area (Å²) in [7, 11) is 0. The minimum atomic E-state index is -0.686. The Labute approximate surface area is 276 Å². The highest BCUT2D eigenvalue weighted by atomic mass is 16.3. The third kappa shape index (κ3) is 8.84. The first-order valence-corrected chi connectivity index (χ1v) is 16.4. The number of carbonyl (C=O) groups excluding carboxylic acids is 2. The zero-order chi connectivity index (χ0) is 32.6. The standard InChI is InChI=1S/C38H43N5O4/c44-35(25-42-17-15-27-7-1-3-9-32(27)23-42)21-39-37(46)31-13-5-11-29(19-31)30-12-6-14-34(20-30)41-38(47)40-22-36(45)26-43-18-16-28-8-2-4-10-33(28)24-43/h1-14,19-20,35-36,44-45H,15-18,21-26H2,(H,39,46)(H2,40,41,47). The van der Waals surface area contributed by atoms with Crippen LogP contribution in [0.2, 0.25) is 0 Å². The van der Waals surface area contributed by atoms with Gasteiger partial charge in [-0.2, -0.15) is 0 Å². The van der Waals surface area contributed by atoms with E-state index in [1.807, 2.05) is 42.5 Å². The molecule has 4 aromatic carbocycles. The number of rotatable bonds is 11. The highest BCUT2D eigenvalue weighted by molar-refractivity contribution is 5.95. The molecule has 0 spiro atoms. The Morgan fingerprint density at radius 1 is 0.638 bits per heavy atom. The lowest BCUT2D eigenvalue weighted by molar-refractivity contribution is 0.0842. The van der Waals surface area contributed by atoms with Gasteiger partial charge in [-0.05, 0) is 70.5 Å². The molecule has 2 heterocycles. The average Bonchev–Trinajstić information content (AvgIpc) is 3.10. The number of hydrogen-bond donors (Lipinski definition) is 5. The number of nitrogens with one attached hydrogen (secondary N) is 3. The number of β-amino-alcohol motifs (C(OH)–C–C–N with tert-alkyl or cyclic N) is 2. The van der Waals surface area contributed by atoms with Gasteiger partial charge in [0.1, 0.15) is 0 Å². The normalized spacial score (nSPS) is 16.0. The number of anilines is 1. The van der Waals surface area contributed by atoms with Crippen LogP contribution in [0.15, 0.2) is 97.1 Å². The molecule has 0 radical (unpaired) electrons. The lowest BCUT2D eigenvalue weighted by Gasteiger charge is -2.30. The summed E-state index contributed by atoms with van der Waals surface area (Å²) in [5, 5.41) is 29.7. The molecule has 0 fully saturated rings. The Kier molecular flexibility index (Phi) is 10.6. The molecule has 0 aromatic heterocycles. The number of amides is 3. The van der Waals surface area contributed by atoms with Crippen LogP contribution >= 0.6 is 0 Å². The molecular formula is C38H43N5O4. The summed E-state index contributed by atoms with van der Waals surface area (Å²) in [6.45, 7) is 4.65. The molecule has 6 rings (SSSR count). The van der Waals surface area contributed by atoms with Crippen LogP contribution in [0.1, 0.15) is 32.6 Å². The van der Waals surface area contributed by atoms with Crippen LogP contribution in [0, 0.1) is 0 Å². The van der Waals surface area contributed by atoms with Crippen LogP contribution in [-0.2, 0) is 25.9 Å². The van der Waals surface area contributed by atoms with E-state index in [0.29, 0.717) is 24.3 Å². The molecule has 5 N–H and O–H groups in total. The maximum atomic E-state index is 13.0. The van der Waals surface area contributed by atoms with Crippen LogP contribution in [0.4, 0.5) is 10.5 Å². The fourth-order valence-corrected chi connectivity index (χ4v) is 6.46. The van der Waals surface area contributed by atoms with Crippen LogP contribution < -0.4 is 16.0 Å². The summed E-state index contributed by atoms with van der Waals surface area (Å²) >= 11 is 0. The van der Waals surface area contributed by atoms with Crippen molar-refractivity contribution in [2.45, 2.75) is 38.1 Å². The summed E-state index contributed by atoms with van der Waals surface area (Å²) in [5.41, 5.74) is 8.06.